The minimum absolute atomic E-state index is 0.0196. The van der Waals surface area contributed by atoms with E-state index >= 15 is 0 Å². The van der Waals surface area contributed by atoms with Crippen LogP contribution in [0.25, 0.3) is 0 Å². The Kier molecular flexibility index (Phi) is 14.1. The first-order valence-corrected chi connectivity index (χ1v) is 20.2. The second-order valence-corrected chi connectivity index (χ2v) is 17.8. The highest BCUT2D eigenvalue weighted by atomic mass is 32.2. The Morgan fingerprint density at radius 1 is 0.766 bits per heavy atom. The van der Waals surface area contributed by atoms with E-state index < -0.39 is 54.7 Å². The second-order valence-electron chi connectivity index (χ2n) is 11.8. The third kappa shape index (κ3) is 14.1. The van der Waals surface area contributed by atoms with Gasteiger partial charge in [0.25, 0.3) is 16.0 Å². The van der Waals surface area contributed by atoms with Gasteiger partial charge in [0.1, 0.15) is 25.9 Å². The first-order valence-electron chi connectivity index (χ1n) is 14.9. The third-order valence-corrected chi connectivity index (χ3v) is 8.07. The van der Waals surface area contributed by atoms with Crippen LogP contribution in [0.4, 0.5) is 4.79 Å². The summed E-state index contributed by atoms with van der Waals surface area (Å²) < 4.78 is 46.5. The highest BCUT2D eigenvalue weighted by Gasteiger charge is 2.45. The van der Waals surface area contributed by atoms with Gasteiger partial charge in [-0.25, -0.2) is 15.1 Å². The van der Waals surface area contributed by atoms with Crippen molar-refractivity contribution in [3.05, 3.63) is 108 Å². The molecule has 0 radical (unpaired) electrons. The summed E-state index contributed by atoms with van der Waals surface area (Å²) in [7, 11) is -6.64. The molecule has 2 N–H and O–H groups in total. The lowest BCUT2D eigenvalue weighted by atomic mass is 9.95. The molecule has 0 unspecified atom stereocenters. The number of benzene rings is 3. The number of ether oxygens (including phenoxy) is 2. The van der Waals surface area contributed by atoms with Crippen LogP contribution in [0, 0.1) is 0 Å². The van der Waals surface area contributed by atoms with Crippen molar-refractivity contribution in [3.63, 3.8) is 0 Å². The van der Waals surface area contributed by atoms with E-state index in [0.29, 0.717) is 0 Å². The van der Waals surface area contributed by atoms with Crippen LogP contribution in [0.5, 0.6) is 0 Å². The highest BCUT2D eigenvalue weighted by molar-refractivity contribution is 7.86. The Morgan fingerprint density at radius 2 is 1.26 bits per heavy atom. The molecule has 2 amide bonds. The number of amides is 2. The molecule has 2 atom stereocenters. The van der Waals surface area contributed by atoms with E-state index in [4.69, 9.17) is 22.9 Å². The van der Waals surface area contributed by atoms with Gasteiger partial charge in [-0.1, -0.05) is 91.0 Å². The van der Waals surface area contributed by atoms with Gasteiger partial charge in [-0.2, -0.15) is 8.42 Å². The van der Waals surface area contributed by atoms with Crippen LogP contribution in [0.1, 0.15) is 29.5 Å². The lowest BCUT2D eigenvalue weighted by Gasteiger charge is -2.37. The maximum Gasteiger partial charge on any atom is 0.408 e. The standard InChI is InChI=1S/C33H42N2O10SSi/c1-46(39,40)44-25-33(45-47(2,3)4,31(37)35-43-24-28-18-12-7-13-19-28)21-20-29(30(36)41-22-26-14-8-5-9-15-26)34-32(38)42-23-27-16-10-6-11-17-27/h5-19,29H,20-25H2,1-4H3,(H,34,38)(H,35,37)/t29-,33-/m0/s1. The third-order valence-electron chi connectivity index (χ3n) is 6.52. The summed E-state index contributed by atoms with van der Waals surface area (Å²) in [6, 6.07) is 25.7. The molecule has 0 saturated carbocycles. The summed E-state index contributed by atoms with van der Waals surface area (Å²) in [5.41, 5.74) is 2.66. The summed E-state index contributed by atoms with van der Waals surface area (Å²) in [6.07, 6.45) is -0.519. The topological polar surface area (TPSA) is 156 Å². The van der Waals surface area contributed by atoms with Crippen molar-refractivity contribution in [2.24, 2.45) is 0 Å². The monoisotopic (exact) mass is 686 g/mol. The van der Waals surface area contributed by atoms with Crippen molar-refractivity contribution >= 4 is 36.4 Å². The summed E-state index contributed by atoms with van der Waals surface area (Å²) >= 11 is 0. The van der Waals surface area contributed by atoms with E-state index in [-0.39, 0.29) is 32.7 Å². The van der Waals surface area contributed by atoms with Crippen molar-refractivity contribution in [1.82, 2.24) is 10.8 Å². The Morgan fingerprint density at radius 3 is 1.74 bits per heavy atom. The predicted molar refractivity (Wildman–Crippen MR) is 176 cm³/mol. The summed E-state index contributed by atoms with van der Waals surface area (Å²) in [5.74, 6) is -1.61. The Bertz CT molecular complexity index is 1540. The summed E-state index contributed by atoms with van der Waals surface area (Å²) in [5, 5.41) is 2.53. The lowest BCUT2D eigenvalue weighted by Crippen LogP contribution is -2.57. The predicted octanol–water partition coefficient (Wildman–Crippen LogP) is 4.62. The fraction of sp³-hybridized carbons (Fsp3) is 0.364. The van der Waals surface area contributed by atoms with Gasteiger partial charge >= 0.3 is 12.1 Å². The Balaban J connectivity index is 1.84. The zero-order valence-electron chi connectivity index (χ0n) is 27.0. The molecule has 12 nitrogen and oxygen atoms in total. The molecule has 0 spiro atoms. The van der Waals surface area contributed by atoms with Crippen molar-refractivity contribution < 1.29 is 45.7 Å². The quantitative estimate of drug-likeness (QED) is 0.0838. The van der Waals surface area contributed by atoms with Crippen molar-refractivity contribution in [2.75, 3.05) is 12.9 Å². The number of hydroxylamine groups is 1. The lowest BCUT2D eigenvalue weighted by molar-refractivity contribution is -0.157. The van der Waals surface area contributed by atoms with Crippen LogP contribution in [0.15, 0.2) is 91.0 Å². The number of rotatable bonds is 18. The van der Waals surface area contributed by atoms with Crippen LogP contribution in [-0.2, 0) is 62.4 Å². The molecule has 254 valence electrons. The van der Waals surface area contributed by atoms with Gasteiger partial charge in [-0.3, -0.25) is 13.8 Å². The SMILES string of the molecule is C[Si](C)(C)O[C@@](CC[C@H](NC(=O)OCc1ccccc1)C(=O)OCc1ccccc1)(COS(C)(=O)=O)C(=O)NOCc1ccccc1. The normalized spacial score (nSPS) is 13.5. The van der Waals surface area contributed by atoms with Crippen molar-refractivity contribution in [3.8, 4) is 0 Å². The van der Waals surface area contributed by atoms with Crippen LogP contribution >= 0.6 is 0 Å². The number of esters is 1. The van der Waals surface area contributed by atoms with E-state index in [9.17, 15) is 22.8 Å². The van der Waals surface area contributed by atoms with Crippen LogP contribution < -0.4 is 10.8 Å². The largest absolute Gasteiger partial charge is 0.459 e. The maximum atomic E-state index is 13.8. The Hall–Kier alpha value is -4.08. The summed E-state index contributed by atoms with van der Waals surface area (Å²) in [6.45, 7) is 4.62. The number of hydrogen-bond donors (Lipinski definition) is 2. The van der Waals surface area contributed by atoms with Gasteiger partial charge in [0, 0.05) is 0 Å². The van der Waals surface area contributed by atoms with Gasteiger partial charge in [0.05, 0.1) is 12.9 Å². The summed E-state index contributed by atoms with van der Waals surface area (Å²) in [4.78, 5) is 45.5. The second kappa shape index (κ2) is 17.7. The number of carbonyl (C=O) groups is 3. The molecule has 0 fully saturated rings. The fourth-order valence-electron chi connectivity index (χ4n) is 4.38. The minimum Gasteiger partial charge on any atom is -0.459 e. The molecule has 0 saturated heterocycles. The van der Waals surface area contributed by atoms with Gasteiger partial charge in [-0.05, 0) is 49.2 Å². The minimum atomic E-state index is -4.02. The average molecular weight is 687 g/mol. The Labute approximate surface area is 276 Å². The maximum absolute atomic E-state index is 13.8. The first kappa shape index (κ1) is 37.4. The van der Waals surface area contributed by atoms with Crippen LogP contribution in [-0.4, -0.2) is 59.2 Å². The number of carbonyl (C=O) groups excluding carboxylic acids is 3. The van der Waals surface area contributed by atoms with Gasteiger partial charge in [0.2, 0.25) is 0 Å². The van der Waals surface area contributed by atoms with Crippen molar-refractivity contribution in [1.29, 1.82) is 0 Å². The average Bonchev–Trinajstić information content (AvgIpc) is 3.03. The number of alkyl carbamates (subject to hydrolysis) is 1. The molecule has 3 aromatic rings. The van der Waals surface area contributed by atoms with Gasteiger partial charge in [-0.15, -0.1) is 0 Å². The number of nitrogens with one attached hydrogen (secondary N) is 2. The fourth-order valence-corrected chi connectivity index (χ4v) is 6.21. The van der Waals surface area contributed by atoms with Gasteiger partial charge < -0.3 is 19.2 Å². The molecule has 0 aliphatic heterocycles. The van der Waals surface area contributed by atoms with Gasteiger partial charge in [0.15, 0.2) is 13.9 Å². The van der Waals surface area contributed by atoms with E-state index in [2.05, 4.69) is 10.8 Å². The zero-order valence-corrected chi connectivity index (χ0v) is 28.8. The molecule has 0 aromatic heterocycles. The molecule has 14 heteroatoms. The van der Waals surface area contributed by atoms with E-state index in [1.165, 1.54) is 0 Å². The van der Waals surface area contributed by atoms with Crippen LogP contribution in [0.2, 0.25) is 19.6 Å². The molecule has 0 aliphatic carbocycles. The van der Waals surface area contributed by atoms with Crippen molar-refractivity contribution in [2.45, 2.75) is 63.9 Å². The number of hydrogen-bond acceptors (Lipinski definition) is 10. The molecule has 47 heavy (non-hydrogen) atoms. The molecular weight excluding hydrogens is 645 g/mol. The first-order chi connectivity index (χ1) is 22.2. The van der Waals surface area contributed by atoms with E-state index in [1.54, 1.807) is 60.7 Å². The van der Waals surface area contributed by atoms with E-state index in [0.717, 1.165) is 22.9 Å². The highest BCUT2D eigenvalue weighted by Crippen LogP contribution is 2.27. The smallest absolute Gasteiger partial charge is 0.408 e. The molecular formula is C33H42N2O10SSi. The molecule has 3 aromatic carbocycles. The molecule has 0 aliphatic rings. The molecule has 3 rings (SSSR count). The molecule has 0 bridgehead atoms. The van der Waals surface area contributed by atoms with Crippen LogP contribution in [0.3, 0.4) is 0 Å². The molecule has 0 heterocycles. The zero-order chi connectivity index (χ0) is 34.3. The van der Waals surface area contributed by atoms with E-state index in [1.807, 2.05) is 50.0 Å².